The van der Waals surface area contributed by atoms with Crippen LogP contribution in [0.25, 0.3) is 0 Å². The SMILES string of the molecule is COc1ccc(N(C(=O)CCl)[C@H](C(=O)N[C@@H]2CCCC[C@H]2C)c2ccc(Cl)cc2)cc1. The molecule has 0 aliphatic heterocycles. The third-order valence-electron chi connectivity index (χ3n) is 5.87. The van der Waals surface area contributed by atoms with Crippen molar-refractivity contribution in [3.05, 3.63) is 59.1 Å². The summed E-state index contributed by atoms with van der Waals surface area (Å²) in [6.45, 7) is 2.16. The second kappa shape index (κ2) is 10.9. The van der Waals surface area contributed by atoms with Crippen LogP contribution in [-0.4, -0.2) is 30.8 Å². The first-order chi connectivity index (χ1) is 14.9. The minimum Gasteiger partial charge on any atom is -0.497 e. The Morgan fingerprint density at radius 1 is 1.10 bits per heavy atom. The molecule has 31 heavy (non-hydrogen) atoms. The molecule has 1 N–H and O–H groups in total. The van der Waals surface area contributed by atoms with E-state index in [-0.39, 0.29) is 23.7 Å². The lowest BCUT2D eigenvalue weighted by Crippen LogP contribution is -2.49. The second-order valence-corrected chi connectivity index (χ2v) is 8.63. The Bertz CT molecular complexity index is 887. The van der Waals surface area contributed by atoms with Gasteiger partial charge in [-0.15, -0.1) is 11.6 Å². The van der Waals surface area contributed by atoms with E-state index in [2.05, 4.69) is 12.2 Å². The number of rotatable bonds is 7. The molecule has 3 atom stereocenters. The van der Waals surface area contributed by atoms with Crippen LogP contribution in [0.1, 0.15) is 44.2 Å². The van der Waals surface area contributed by atoms with Crippen molar-refractivity contribution < 1.29 is 14.3 Å². The number of carbonyl (C=O) groups is 2. The van der Waals surface area contributed by atoms with Crippen molar-refractivity contribution in [2.75, 3.05) is 17.9 Å². The van der Waals surface area contributed by atoms with E-state index in [9.17, 15) is 9.59 Å². The van der Waals surface area contributed by atoms with Crippen LogP contribution in [-0.2, 0) is 9.59 Å². The quantitative estimate of drug-likeness (QED) is 0.563. The summed E-state index contributed by atoms with van der Waals surface area (Å²) in [5, 5.41) is 3.76. The van der Waals surface area contributed by atoms with Crippen LogP contribution in [0.2, 0.25) is 5.02 Å². The number of halogens is 2. The van der Waals surface area contributed by atoms with Crippen LogP contribution >= 0.6 is 23.2 Å². The Hall–Kier alpha value is -2.24. The molecule has 3 rings (SSSR count). The van der Waals surface area contributed by atoms with E-state index in [0.717, 1.165) is 19.3 Å². The van der Waals surface area contributed by atoms with Crippen LogP contribution in [0, 0.1) is 5.92 Å². The van der Waals surface area contributed by atoms with E-state index in [1.165, 1.54) is 11.3 Å². The molecule has 0 saturated heterocycles. The Balaban J connectivity index is 2.01. The number of hydrogen-bond donors (Lipinski definition) is 1. The summed E-state index contributed by atoms with van der Waals surface area (Å²) in [6.07, 6.45) is 4.28. The first kappa shape index (κ1) is 23.4. The van der Waals surface area contributed by atoms with E-state index in [4.69, 9.17) is 27.9 Å². The highest BCUT2D eigenvalue weighted by Crippen LogP contribution is 2.32. The van der Waals surface area contributed by atoms with E-state index >= 15 is 0 Å². The molecule has 0 radical (unpaired) electrons. The number of carbonyl (C=O) groups excluding carboxylic acids is 2. The molecule has 1 aliphatic carbocycles. The first-order valence-electron chi connectivity index (χ1n) is 10.5. The smallest absolute Gasteiger partial charge is 0.248 e. The highest BCUT2D eigenvalue weighted by molar-refractivity contribution is 6.30. The van der Waals surface area contributed by atoms with E-state index in [1.807, 2.05) is 0 Å². The normalized spacial score (nSPS) is 19.4. The van der Waals surface area contributed by atoms with Gasteiger partial charge in [0.15, 0.2) is 0 Å². The number of methoxy groups -OCH3 is 1. The van der Waals surface area contributed by atoms with E-state index < -0.39 is 6.04 Å². The molecular formula is C24H28Cl2N2O3. The summed E-state index contributed by atoms with van der Waals surface area (Å²) < 4.78 is 5.23. The molecule has 2 aromatic rings. The molecule has 166 valence electrons. The average Bonchev–Trinajstić information content (AvgIpc) is 2.79. The molecule has 2 amide bonds. The Kier molecular flexibility index (Phi) is 8.22. The Morgan fingerprint density at radius 2 is 1.74 bits per heavy atom. The van der Waals surface area contributed by atoms with Crippen molar-refractivity contribution in [3.8, 4) is 5.75 Å². The van der Waals surface area contributed by atoms with Gasteiger partial charge in [0.05, 0.1) is 7.11 Å². The maximum Gasteiger partial charge on any atom is 0.248 e. The Morgan fingerprint density at radius 3 is 2.32 bits per heavy atom. The van der Waals surface area contributed by atoms with Gasteiger partial charge in [-0.2, -0.15) is 0 Å². The van der Waals surface area contributed by atoms with Gasteiger partial charge in [0.25, 0.3) is 0 Å². The Labute approximate surface area is 193 Å². The van der Waals surface area contributed by atoms with Crippen LogP contribution in [0.15, 0.2) is 48.5 Å². The van der Waals surface area contributed by atoms with Gasteiger partial charge in [-0.25, -0.2) is 0 Å². The maximum atomic E-state index is 13.6. The topological polar surface area (TPSA) is 58.6 Å². The van der Waals surface area contributed by atoms with Gasteiger partial charge in [-0.1, -0.05) is 43.5 Å². The lowest BCUT2D eigenvalue weighted by molar-refractivity contribution is -0.126. The lowest BCUT2D eigenvalue weighted by Gasteiger charge is -2.35. The van der Waals surface area contributed by atoms with Crippen LogP contribution in [0.3, 0.4) is 0 Å². The predicted octanol–water partition coefficient (Wildman–Crippen LogP) is 5.36. The number of ether oxygens (including phenoxy) is 1. The molecule has 0 unspecified atom stereocenters. The summed E-state index contributed by atoms with van der Waals surface area (Å²) in [5.74, 6) is 0.213. The van der Waals surface area contributed by atoms with Gasteiger partial charge in [-0.3, -0.25) is 14.5 Å². The van der Waals surface area contributed by atoms with Gasteiger partial charge < -0.3 is 10.1 Å². The average molecular weight is 463 g/mol. The maximum absolute atomic E-state index is 13.6. The number of hydrogen-bond acceptors (Lipinski definition) is 3. The van der Waals surface area contributed by atoms with Crippen molar-refractivity contribution in [3.63, 3.8) is 0 Å². The predicted molar refractivity (Wildman–Crippen MR) is 125 cm³/mol. The summed E-state index contributed by atoms with van der Waals surface area (Å²) >= 11 is 12.0. The number of nitrogens with one attached hydrogen (secondary N) is 1. The second-order valence-electron chi connectivity index (χ2n) is 7.93. The largest absolute Gasteiger partial charge is 0.497 e. The molecule has 7 heteroatoms. The third kappa shape index (κ3) is 5.72. The molecular weight excluding hydrogens is 435 g/mol. The molecule has 0 spiro atoms. The number of benzene rings is 2. The molecule has 1 saturated carbocycles. The van der Waals surface area contributed by atoms with Gasteiger partial charge in [0, 0.05) is 16.8 Å². The van der Waals surface area contributed by atoms with Gasteiger partial charge >= 0.3 is 0 Å². The van der Waals surface area contributed by atoms with Crippen molar-refractivity contribution in [1.29, 1.82) is 0 Å². The number of amides is 2. The number of anilines is 1. The first-order valence-corrected chi connectivity index (χ1v) is 11.4. The molecule has 0 bridgehead atoms. The van der Waals surface area contributed by atoms with E-state index in [1.54, 1.807) is 55.6 Å². The number of nitrogens with zero attached hydrogens (tertiary/aromatic N) is 1. The van der Waals surface area contributed by atoms with Crippen molar-refractivity contribution in [1.82, 2.24) is 5.32 Å². The molecule has 1 aliphatic rings. The number of alkyl halides is 1. The van der Waals surface area contributed by atoms with Crippen molar-refractivity contribution in [2.24, 2.45) is 5.92 Å². The van der Waals surface area contributed by atoms with Gasteiger partial charge in [0.1, 0.15) is 17.7 Å². The van der Waals surface area contributed by atoms with E-state index in [0.29, 0.717) is 27.9 Å². The summed E-state index contributed by atoms with van der Waals surface area (Å²) in [6, 6.07) is 13.2. The summed E-state index contributed by atoms with van der Waals surface area (Å²) in [5.41, 5.74) is 1.23. The van der Waals surface area contributed by atoms with Gasteiger partial charge in [0.2, 0.25) is 11.8 Å². The fourth-order valence-electron chi connectivity index (χ4n) is 4.10. The third-order valence-corrected chi connectivity index (χ3v) is 6.35. The van der Waals surface area contributed by atoms with Crippen LogP contribution in [0.5, 0.6) is 5.75 Å². The fraction of sp³-hybridized carbons (Fsp3) is 0.417. The minimum atomic E-state index is -0.869. The van der Waals surface area contributed by atoms with Crippen LogP contribution < -0.4 is 15.0 Å². The van der Waals surface area contributed by atoms with Gasteiger partial charge in [-0.05, 0) is 60.7 Å². The molecule has 2 aromatic carbocycles. The highest BCUT2D eigenvalue weighted by Gasteiger charge is 2.34. The summed E-state index contributed by atoms with van der Waals surface area (Å²) in [4.78, 5) is 28.0. The fourth-order valence-corrected chi connectivity index (χ4v) is 4.35. The molecule has 5 nitrogen and oxygen atoms in total. The zero-order valence-electron chi connectivity index (χ0n) is 17.8. The molecule has 0 aromatic heterocycles. The zero-order valence-corrected chi connectivity index (χ0v) is 19.3. The molecule has 1 fully saturated rings. The van der Waals surface area contributed by atoms with Crippen molar-refractivity contribution >= 4 is 40.7 Å². The lowest BCUT2D eigenvalue weighted by atomic mass is 9.85. The standard InChI is InChI=1S/C24H28Cl2N2O3/c1-16-5-3-4-6-21(16)27-24(30)23(17-7-9-18(26)10-8-17)28(22(29)15-25)19-11-13-20(31-2)14-12-19/h7-14,16,21,23H,3-6,15H2,1-2H3,(H,27,30)/t16-,21-,23+/m1/s1. The monoisotopic (exact) mass is 462 g/mol. The summed E-state index contributed by atoms with van der Waals surface area (Å²) in [7, 11) is 1.58. The molecule has 0 heterocycles. The highest BCUT2D eigenvalue weighted by atomic mass is 35.5. The zero-order chi connectivity index (χ0) is 22.4. The van der Waals surface area contributed by atoms with Crippen molar-refractivity contribution in [2.45, 2.75) is 44.7 Å². The van der Waals surface area contributed by atoms with Crippen LogP contribution in [0.4, 0.5) is 5.69 Å². The minimum absolute atomic E-state index is 0.0832.